The van der Waals surface area contributed by atoms with Gasteiger partial charge in [-0.25, -0.2) is 32.5 Å². The van der Waals surface area contributed by atoms with Crippen LogP contribution in [0.15, 0.2) is 184 Å². The number of azide groups is 1. The molecule has 0 atom stereocenters. The van der Waals surface area contributed by atoms with Crippen LogP contribution in [0.2, 0.25) is 5.82 Å². The maximum atomic E-state index is 12.6. The van der Waals surface area contributed by atoms with Gasteiger partial charge in [0, 0.05) is 88.9 Å². The van der Waals surface area contributed by atoms with Crippen LogP contribution < -0.4 is 29.6 Å². The normalized spacial score (nSPS) is 13.2. The molecule has 41 heteroatoms. The van der Waals surface area contributed by atoms with Crippen molar-refractivity contribution in [3.8, 4) is 12.3 Å². The average molecular weight is 2240 g/mol. The summed E-state index contributed by atoms with van der Waals surface area (Å²) in [6.07, 6.45) is 22.1. The van der Waals surface area contributed by atoms with Crippen molar-refractivity contribution in [1.82, 2.24) is 15.0 Å². The number of hydrogen-bond donors (Lipinski definition) is 4. The number of aromatic nitrogens is 3. The van der Waals surface area contributed by atoms with Crippen LogP contribution >= 0.6 is 145 Å². The van der Waals surface area contributed by atoms with Crippen LogP contribution in [0.4, 0.5) is 8.78 Å². The van der Waals surface area contributed by atoms with Gasteiger partial charge >= 0.3 is 66.5 Å². The number of aldehydes is 1. The molecule has 6 fully saturated rings. The number of rotatable bonds is 22. The molecular formula is C98H102BBr2Cl3F2N9NaO15S8. The molecule has 0 spiro atoms. The van der Waals surface area contributed by atoms with E-state index in [4.69, 9.17) is 63.1 Å². The van der Waals surface area contributed by atoms with E-state index in [1.807, 2.05) is 55.5 Å². The standard InChI is InChI=1S/C17H17N3O2S.C14H14O2S.C12H11ClS.C12H11N3S.C12H12OS.C11H9BrO2S.C7H4BrFO.C5H6O2.C4H8O2S.C3H7BO2.CH3F.Cl2OS.N3.Na/c1-2-22-17(21)15-10-20(19-18-15)9-14-7-13-6-5-12(11-3-4-11)8-16(13)23-14;1-2-16-14(15)13-8-11-6-5-10(9-3-4-9)7-12(11)17-13;13-7-11-5-10-4-3-9(8-1-2-8)6-12(10)14-11;13-15-14-7-11-5-10-4-3-9(8-1-2-8)6-12(10)16-11;13-7-11-5-10-4-3-9(8-1-2-8)6-12(10)14-11;1-2-14-11(13)10-5-7-3-4-8(12)6-9(7)15-10;8-6-2-1-5(4-10)7(9)3-6;1-3-5(6)7-4-2;1-2-6-4(5)3-7;5-4(6)3-1-2-3;1-2;1-4(2)3;1-3-2;/h5-8,10-11H,2-4,9H2,1H3;5-9H,2-4H2,1H3;3-6,8H,1-2,7H2;3-6,8H,1-2,7H2;3-6,8,13H,1-2,7H2;3-6H,2H2,1H3;1-4H;1H,4H2,2H3;7H,2-3H2,1H3;3,5-6H,1-2H2;1H3;;;/q;;;;;;;;;;;;-1;+1/i;;;;;;;;;;1D;;;. The van der Waals surface area contributed by atoms with Gasteiger partial charge in [-0.3, -0.25) is 18.9 Å². The van der Waals surface area contributed by atoms with Gasteiger partial charge in [0.25, 0.3) is 0 Å². The number of aliphatic hydroxyl groups excluding tert-OH is 1. The summed E-state index contributed by atoms with van der Waals surface area (Å²) in [5.74, 6) is 4.60. The van der Waals surface area contributed by atoms with Crippen molar-refractivity contribution in [1.29, 1.82) is 0 Å². The van der Waals surface area contributed by atoms with Crippen LogP contribution in [0.5, 0.6) is 0 Å². The van der Waals surface area contributed by atoms with E-state index in [0.29, 0.717) is 72.5 Å². The number of fused-ring (bicyclic) bond motifs is 6. The van der Waals surface area contributed by atoms with E-state index >= 15 is 0 Å². The summed E-state index contributed by atoms with van der Waals surface area (Å²) in [4.78, 5) is 75.2. The molecular weight excluding hydrogens is 2140 g/mol. The Morgan fingerprint density at radius 2 is 0.921 bits per heavy atom. The van der Waals surface area contributed by atoms with Gasteiger partial charge in [-0.05, 0) is 297 Å². The fourth-order valence-electron chi connectivity index (χ4n) is 13.0. The van der Waals surface area contributed by atoms with Gasteiger partial charge in [0.05, 0.1) is 84.6 Å². The minimum Gasteiger partial charge on any atom is -0.465 e. The predicted molar refractivity (Wildman–Crippen MR) is 569 cm³/mol. The molecule has 0 bridgehead atoms. The first kappa shape index (κ1) is 116. The summed E-state index contributed by atoms with van der Waals surface area (Å²) in [5.41, 5.74) is 29.5. The predicted octanol–water partition coefficient (Wildman–Crippen LogP) is 26.0. The van der Waals surface area contributed by atoms with Crippen LogP contribution in [0.1, 0.15) is 230 Å². The zero-order chi connectivity index (χ0) is 101. The third-order valence-electron chi connectivity index (χ3n) is 20.5. The first-order chi connectivity index (χ1) is 67.0. The van der Waals surface area contributed by atoms with Crippen LogP contribution in [0.3, 0.4) is 0 Å². The number of nitrogens with zero attached hydrogens (tertiary/aromatic N) is 9. The van der Waals surface area contributed by atoms with Gasteiger partial charge in [-0.1, -0.05) is 122 Å². The largest absolute Gasteiger partial charge is 1.00 e. The van der Waals surface area contributed by atoms with Gasteiger partial charge in [-0.2, -0.15) is 12.6 Å². The quantitative estimate of drug-likeness (QED) is 0.00398. The number of carbonyl (C=O) groups is 6. The van der Waals surface area contributed by atoms with Crippen molar-refractivity contribution in [3.05, 3.63) is 280 Å². The number of halogens is 7. The van der Waals surface area contributed by atoms with Gasteiger partial charge in [0.15, 0.2) is 12.0 Å². The van der Waals surface area contributed by atoms with E-state index < -0.39 is 41.3 Å². The third kappa shape index (κ3) is 41.2. The Labute approximate surface area is 891 Å². The molecule has 24 nitrogen and oxygen atoms in total. The van der Waals surface area contributed by atoms with E-state index in [-0.39, 0.29) is 76.9 Å². The van der Waals surface area contributed by atoms with Crippen molar-refractivity contribution in [2.75, 3.05) is 45.9 Å². The molecule has 20 rings (SSSR count). The maximum Gasteiger partial charge on any atom is 1.00 e. The van der Waals surface area contributed by atoms with Crippen molar-refractivity contribution in [2.45, 2.75) is 173 Å². The van der Waals surface area contributed by atoms with E-state index in [1.165, 1.54) is 187 Å². The molecule has 14 aromatic rings. The van der Waals surface area contributed by atoms with Gasteiger partial charge in [-0.15, -0.1) is 91.1 Å². The van der Waals surface area contributed by atoms with Gasteiger partial charge in [0.1, 0.15) is 15.6 Å². The Kier molecular flexibility index (Phi) is 52.1. The molecule has 7 heterocycles. The van der Waals surface area contributed by atoms with Crippen molar-refractivity contribution < 1.29 is 112 Å². The number of thiol groups is 1. The zero-order valence-corrected chi connectivity index (χ0v) is 90.9. The van der Waals surface area contributed by atoms with Crippen molar-refractivity contribution >= 4 is 258 Å². The van der Waals surface area contributed by atoms with Crippen molar-refractivity contribution in [2.24, 2.45) is 5.11 Å². The van der Waals surface area contributed by atoms with Gasteiger partial charge in [0.2, 0.25) is 9.23 Å². The molecule has 0 radical (unpaired) electrons. The molecule has 6 saturated carbocycles. The number of hydrogen-bond acceptors (Lipinski definition) is 25. The summed E-state index contributed by atoms with van der Waals surface area (Å²) in [7, 11) is 5.32. The average Bonchev–Trinajstić information content (AvgIpc) is 1.67. The first-order valence-electron chi connectivity index (χ1n) is 44.4. The molecule has 6 aliphatic rings. The summed E-state index contributed by atoms with van der Waals surface area (Å²) in [6, 6.07) is 56.1. The Balaban J connectivity index is 0.000000213. The number of aliphatic hydroxyl groups is 1. The minimum atomic E-state index is -1.67. The second kappa shape index (κ2) is 62.4. The molecule has 0 saturated heterocycles. The fourth-order valence-corrected chi connectivity index (χ4v) is 20.3. The smallest absolute Gasteiger partial charge is 0.465 e. The Hall–Kier alpha value is -8.23. The second-order valence-electron chi connectivity index (χ2n) is 30.9. The summed E-state index contributed by atoms with van der Waals surface area (Å²) in [6.45, 7) is 12.1. The van der Waals surface area contributed by atoms with E-state index in [1.54, 1.807) is 77.6 Å². The molecule has 0 amide bonds. The van der Waals surface area contributed by atoms with E-state index in [9.17, 15) is 37.5 Å². The second-order valence-corrected chi connectivity index (χ2v) is 42.7. The zero-order valence-electron chi connectivity index (χ0n) is 77.8. The SMILES string of the molecule is C#CC(=O)OCC.CCOC(=O)CS.CCOC(=O)c1cc2ccc(Br)cc2s1.CCOC(=O)c1cc2ccc(C3CC3)cc2s1.CCOC(=O)c1cn(Cc2cc3ccc(C4CC4)cc3s2)nn1.ClCc1cc2ccc(C3CC3)cc2s1.O=Cc1ccc(Br)cc1F.O=S(Cl)Cl.OB(O)C1CC1.OCc1cc2ccc(C3CC3)cc2s1.[2H]CF.[N-]=[N+]=NCc1cc2ccc(C3CC3)cc2s1.[N-]=[N+]=[N-].[Na+]. The first-order valence-corrected chi connectivity index (χ1v) is 54.1. The van der Waals surface area contributed by atoms with Crippen LogP contribution in [0.25, 0.3) is 86.9 Å². The number of carbonyl (C=O) groups excluding carboxylic acids is 6. The van der Waals surface area contributed by atoms with E-state index in [0.717, 1.165) is 72.1 Å². The Morgan fingerprint density at radius 1 is 0.568 bits per heavy atom. The van der Waals surface area contributed by atoms with Crippen LogP contribution in [0, 0.1) is 18.2 Å². The summed E-state index contributed by atoms with van der Waals surface area (Å²) >= 11 is 26.0. The minimum absolute atomic E-state index is 0. The molecule has 730 valence electrons. The summed E-state index contributed by atoms with van der Waals surface area (Å²) < 4.78 is 71.8. The molecule has 139 heavy (non-hydrogen) atoms. The molecule has 7 aromatic heterocycles. The number of esters is 5. The fraction of sp³-hybridized carbons (Fsp3) is 0.347. The van der Waals surface area contributed by atoms with E-state index in [2.05, 4.69) is 217 Å². The number of thiophene rings is 6. The molecule has 0 unspecified atom stereocenters. The Bertz CT molecular complexity index is 6460. The summed E-state index contributed by atoms with van der Waals surface area (Å²) in [5, 5.41) is 44.4. The molecule has 6 aliphatic carbocycles. The number of ether oxygens (including phenoxy) is 5. The maximum absolute atomic E-state index is 12.6. The van der Waals surface area contributed by atoms with Crippen LogP contribution in [-0.2, 0) is 68.1 Å². The van der Waals surface area contributed by atoms with Crippen LogP contribution in [-0.4, -0.2) is 124 Å². The number of alkyl halides is 2. The molecule has 3 N–H and O–H groups in total. The number of terminal acetylenes is 1. The third-order valence-corrected chi connectivity index (χ3v) is 28.7. The van der Waals surface area contributed by atoms with Crippen molar-refractivity contribution in [3.63, 3.8) is 0 Å². The monoisotopic (exact) mass is 2240 g/mol. The number of benzene rings is 7. The molecule has 7 aromatic carbocycles. The topological polar surface area (TPSA) is 365 Å². The van der Waals surface area contributed by atoms with Gasteiger partial charge < -0.3 is 49.9 Å². The Morgan fingerprint density at radius 3 is 1.27 bits per heavy atom. The molecule has 0 aliphatic heterocycles.